The predicted octanol–water partition coefficient (Wildman–Crippen LogP) is 5.15. The molecule has 0 aromatic heterocycles. The Hall–Kier alpha value is -3.32. The third kappa shape index (κ3) is 6.35. The summed E-state index contributed by atoms with van der Waals surface area (Å²) < 4.78 is 6.36. The number of anilines is 3. The Kier molecular flexibility index (Phi) is 7.45. The van der Waals surface area contributed by atoms with Gasteiger partial charge in [-0.25, -0.2) is 0 Å². The van der Waals surface area contributed by atoms with Crippen LogP contribution >= 0.6 is 15.9 Å². The van der Waals surface area contributed by atoms with Crippen molar-refractivity contribution >= 4 is 44.8 Å². The Morgan fingerprint density at radius 2 is 1.37 bits per heavy atom. The van der Waals surface area contributed by atoms with Crippen molar-refractivity contribution in [3.05, 3.63) is 82.8 Å². The second-order valence-electron chi connectivity index (χ2n) is 6.40. The molecule has 0 saturated heterocycles. The molecule has 7 heteroatoms. The van der Waals surface area contributed by atoms with Crippen LogP contribution in [-0.4, -0.2) is 25.0 Å². The zero-order chi connectivity index (χ0) is 21.3. The van der Waals surface area contributed by atoms with Crippen LogP contribution in [0, 0.1) is 0 Å². The lowest BCUT2D eigenvalue weighted by molar-refractivity contribution is -0.114. The first-order valence-corrected chi connectivity index (χ1v) is 10.3. The number of rotatable bonds is 8. The Labute approximate surface area is 183 Å². The highest BCUT2D eigenvalue weighted by molar-refractivity contribution is 9.10. The molecule has 0 aliphatic heterocycles. The molecule has 0 fully saturated rings. The van der Waals surface area contributed by atoms with Gasteiger partial charge in [0.15, 0.2) is 0 Å². The number of hydrogen-bond donors (Lipinski definition) is 3. The fraction of sp³-hybridized carbons (Fsp3) is 0.130. The molecule has 0 bridgehead atoms. The Bertz CT molecular complexity index is 988. The number of halogens is 1. The van der Waals surface area contributed by atoms with Crippen molar-refractivity contribution in [2.75, 3.05) is 29.1 Å². The number of carbonyl (C=O) groups excluding carboxylic acids is 2. The lowest BCUT2D eigenvalue weighted by Crippen LogP contribution is -2.21. The van der Waals surface area contributed by atoms with E-state index in [9.17, 15) is 9.59 Å². The van der Waals surface area contributed by atoms with Crippen LogP contribution in [0.25, 0.3) is 0 Å². The molecule has 0 spiro atoms. The number of benzene rings is 3. The molecular weight excluding hydrogens is 446 g/mol. The highest BCUT2D eigenvalue weighted by Crippen LogP contribution is 2.17. The molecule has 30 heavy (non-hydrogen) atoms. The second kappa shape index (κ2) is 10.5. The van der Waals surface area contributed by atoms with Crippen LogP contribution in [0.15, 0.2) is 77.3 Å². The summed E-state index contributed by atoms with van der Waals surface area (Å²) in [4.78, 5) is 24.5. The first-order chi connectivity index (χ1) is 14.5. The van der Waals surface area contributed by atoms with Crippen LogP contribution in [0.1, 0.15) is 17.3 Å². The normalized spacial score (nSPS) is 10.2. The van der Waals surface area contributed by atoms with Crippen molar-refractivity contribution in [2.45, 2.75) is 6.92 Å². The van der Waals surface area contributed by atoms with Gasteiger partial charge >= 0.3 is 0 Å². The van der Waals surface area contributed by atoms with E-state index in [1.54, 1.807) is 48.5 Å². The van der Waals surface area contributed by atoms with Gasteiger partial charge < -0.3 is 20.7 Å². The average molecular weight is 468 g/mol. The molecule has 3 N–H and O–H groups in total. The van der Waals surface area contributed by atoms with E-state index < -0.39 is 0 Å². The van der Waals surface area contributed by atoms with E-state index in [-0.39, 0.29) is 18.4 Å². The van der Waals surface area contributed by atoms with Gasteiger partial charge in [0.05, 0.1) is 13.2 Å². The predicted molar refractivity (Wildman–Crippen MR) is 123 cm³/mol. The summed E-state index contributed by atoms with van der Waals surface area (Å²) in [5.74, 6) is 0.351. The first kappa shape index (κ1) is 21.4. The lowest BCUT2D eigenvalue weighted by atomic mass is 10.2. The van der Waals surface area contributed by atoms with E-state index >= 15 is 0 Å². The molecule has 0 heterocycles. The first-order valence-electron chi connectivity index (χ1n) is 9.47. The van der Waals surface area contributed by atoms with Gasteiger partial charge in [-0.05, 0) is 79.7 Å². The molecule has 2 amide bonds. The third-order valence-corrected chi connectivity index (χ3v) is 4.68. The average Bonchev–Trinajstić information content (AvgIpc) is 2.75. The molecule has 0 aliphatic rings. The zero-order valence-electron chi connectivity index (χ0n) is 16.4. The number of ether oxygens (including phenoxy) is 1. The van der Waals surface area contributed by atoms with E-state index in [1.807, 2.05) is 31.2 Å². The summed E-state index contributed by atoms with van der Waals surface area (Å²) in [6.45, 7) is 2.65. The zero-order valence-corrected chi connectivity index (χ0v) is 18.0. The summed E-state index contributed by atoms with van der Waals surface area (Å²) >= 11 is 3.37. The van der Waals surface area contributed by atoms with Crippen molar-refractivity contribution in [1.29, 1.82) is 0 Å². The van der Waals surface area contributed by atoms with Gasteiger partial charge in [0, 0.05) is 27.1 Å². The van der Waals surface area contributed by atoms with Gasteiger partial charge in [-0.3, -0.25) is 9.59 Å². The standard InChI is InChI=1S/C23H22BrN3O3/c1-2-30-21-13-11-20(12-14-21)27-23(29)16-3-7-19(8-4-16)26-22(28)15-25-18-9-5-17(24)6-10-18/h3-14,25H,2,15H2,1H3,(H,26,28)(H,27,29). The number of nitrogens with one attached hydrogen (secondary N) is 3. The van der Waals surface area contributed by atoms with Gasteiger partial charge in [-0.1, -0.05) is 15.9 Å². The van der Waals surface area contributed by atoms with Crippen LogP contribution in [0.2, 0.25) is 0 Å². The van der Waals surface area contributed by atoms with E-state index in [2.05, 4.69) is 31.9 Å². The molecular formula is C23H22BrN3O3. The second-order valence-corrected chi connectivity index (χ2v) is 7.31. The van der Waals surface area contributed by atoms with Gasteiger partial charge in [0.25, 0.3) is 5.91 Å². The minimum absolute atomic E-state index is 0.140. The third-order valence-electron chi connectivity index (χ3n) is 4.15. The molecule has 3 aromatic rings. The van der Waals surface area contributed by atoms with Crippen molar-refractivity contribution in [3.63, 3.8) is 0 Å². The minimum Gasteiger partial charge on any atom is -0.494 e. The maximum Gasteiger partial charge on any atom is 0.255 e. The highest BCUT2D eigenvalue weighted by atomic mass is 79.9. The highest BCUT2D eigenvalue weighted by Gasteiger charge is 2.08. The lowest BCUT2D eigenvalue weighted by Gasteiger charge is -2.09. The van der Waals surface area contributed by atoms with Crippen molar-refractivity contribution in [2.24, 2.45) is 0 Å². The molecule has 154 valence electrons. The number of hydrogen-bond acceptors (Lipinski definition) is 4. The summed E-state index contributed by atoms with van der Waals surface area (Å²) in [6.07, 6.45) is 0. The maximum absolute atomic E-state index is 12.4. The summed E-state index contributed by atoms with van der Waals surface area (Å²) in [7, 11) is 0. The Morgan fingerprint density at radius 1 is 0.800 bits per heavy atom. The molecule has 0 unspecified atom stereocenters. The fourth-order valence-electron chi connectivity index (χ4n) is 2.66. The number of amides is 2. The van der Waals surface area contributed by atoms with Crippen molar-refractivity contribution in [3.8, 4) is 5.75 Å². The van der Waals surface area contributed by atoms with Gasteiger partial charge in [-0.15, -0.1) is 0 Å². The quantitative estimate of drug-likeness (QED) is 0.427. The summed E-state index contributed by atoms with van der Waals surface area (Å²) in [5, 5.41) is 8.69. The van der Waals surface area contributed by atoms with E-state index in [0.717, 1.165) is 15.9 Å². The van der Waals surface area contributed by atoms with Crippen molar-refractivity contribution < 1.29 is 14.3 Å². The van der Waals surface area contributed by atoms with Crippen molar-refractivity contribution in [1.82, 2.24) is 0 Å². The molecule has 0 saturated carbocycles. The largest absolute Gasteiger partial charge is 0.494 e. The monoisotopic (exact) mass is 467 g/mol. The molecule has 6 nitrogen and oxygen atoms in total. The molecule has 0 atom stereocenters. The van der Waals surface area contributed by atoms with Crippen LogP contribution in [0.3, 0.4) is 0 Å². The van der Waals surface area contributed by atoms with E-state index in [0.29, 0.717) is 23.5 Å². The molecule has 0 aliphatic carbocycles. The summed E-state index contributed by atoms with van der Waals surface area (Å²) in [6, 6.07) is 21.5. The topological polar surface area (TPSA) is 79.5 Å². The SMILES string of the molecule is CCOc1ccc(NC(=O)c2ccc(NC(=O)CNc3ccc(Br)cc3)cc2)cc1. The van der Waals surface area contributed by atoms with Gasteiger partial charge in [-0.2, -0.15) is 0 Å². The smallest absolute Gasteiger partial charge is 0.255 e. The fourth-order valence-corrected chi connectivity index (χ4v) is 2.93. The number of carbonyl (C=O) groups is 2. The van der Waals surface area contributed by atoms with Gasteiger partial charge in [0.2, 0.25) is 5.91 Å². The molecule has 3 aromatic carbocycles. The van der Waals surface area contributed by atoms with E-state index in [4.69, 9.17) is 4.74 Å². The molecule has 3 rings (SSSR count). The van der Waals surface area contributed by atoms with E-state index in [1.165, 1.54) is 0 Å². The molecule has 0 radical (unpaired) electrons. The van der Waals surface area contributed by atoms with Crippen LogP contribution in [-0.2, 0) is 4.79 Å². The van der Waals surface area contributed by atoms with Gasteiger partial charge in [0.1, 0.15) is 5.75 Å². The maximum atomic E-state index is 12.4. The van der Waals surface area contributed by atoms with Crippen LogP contribution in [0.5, 0.6) is 5.75 Å². The Morgan fingerprint density at radius 3 is 2.00 bits per heavy atom. The Balaban J connectivity index is 1.50. The van der Waals surface area contributed by atoms with Crippen LogP contribution in [0.4, 0.5) is 17.1 Å². The minimum atomic E-state index is -0.228. The van der Waals surface area contributed by atoms with Crippen LogP contribution < -0.4 is 20.7 Å². The summed E-state index contributed by atoms with van der Waals surface area (Å²) in [5.41, 5.74) is 2.65.